The third-order valence-corrected chi connectivity index (χ3v) is 10.9. The quantitative estimate of drug-likeness (QED) is 0.403. The minimum absolute atomic E-state index is 0.166. The highest BCUT2D eigenvalue weighted by Gasteiger charge is 2.46. The average molecular weight is 591 g/mol. The van der Waals surface area contributed by atoms with Gasteiger partial charge in [-0.25, -0.2) is 4.98 Å². The Balaban J connectivity index is 1.16. The van der Waals surface area contributed by atoms with E-state index in [-0.39, 0.29) is 17.8 Å². The van der Waals surface area contributed by atoms with Crippen molar-refractivity contribution in [1.29, 1.82) is 5.26 Å². The molecule has 3 fully saturated rings. The summed E-state index contributed by atoms with van der Waals surface area (Å²) in [5, 5.41) is 22.1. The van der Waals surface area contributed by atoms with Gasteiger partial charge in [-0.1, -0.05) is 18.2 Å². The Morgan fingerprint density at radius 2 is 1.93 bits per heavy atom. The second kappa shape index (κ2) is 11.9. The molecule has 3 aliphatic rings. The van der Waals surface area contributed by atoms with Crippen molar-refractivity contribution in [2.75, 3.05) is 42.6 Å². The van der Waals surface area contributed by atoms with E-state index in [2.05, 4.69) is 41.0 Å². The van der Waals surface area contributed by atoms with Crippen LogP contribution in [0.15, 0.2) is 41.8 Å². The molecule has 6 rings (SSSR count). The predicted molar refractivity (Wildman–Crippen MR) is 160 cm³/mol. The summed E-state index contributed by atoms with van der Waals surface area (Å²) in [7, 11) is -0.671. The van der Waals surface area contributed by atoms with E-state index in [0.717, 1.165) is 71.5 Å². The van der Waals surface area contributed by atoms with Crippen molar-refractivity contribution >= 4 is 33.2 Å². The van der Waals surface area contributed by atoms with Gasteiger partial charge in [0, 0.05) is 66.0 Å². The number of carbonyl (C=O) groups is 1. The smallest absolute Gasteiger partial charge is 0.307 e. The number of hydrogen-bond donors (Lipinski definition) is 1. The van der Waals surface area contributed by atoms with Gasteiger partial charge in [-0.05, 0) is 66.5 Å². The van der Waals surface area contributed by atoms with E-state index in [1.807, 2.05) is 17.5 Å². The van der Waals surface area contributed by atoms with Crippen LogP contribution in [0.1, 0.15) is 35.1 Å². The molecule has 0 spiro atoms. The fourth-order valence-corrected chi connectivity index (χ4v) is 8.48. The number of aliphatic carboxylic acids is 1. The normalized spacial score (nSPS) is 22.9. The maximum Gasteiger partial charge on any atom is 0.307 e. The molecule has 1 aromatic heterocycles. The summed E-state index contributed by atoms with van der Waals surface area (Å²) in [6.07, 6.45) is 1.92. The van der Waals surface area contributed by atoms with Gasteiger partial charge < -0.3 is 14.7 Å². The fourth-order valence-electron chi connectivity index (χ4n) is 6.51. The topological polar surface area (TPSA) is 107 Å². The largest absolute Gasteiger partial charge is 0.488 e. The second-order valence-electron chi connectivity index (χ2n) is 11.4. The molecule has 0 amide bonds. The van der Waals surface area contributed by atoms with Gasteiger partial charge in [0.25, 0.3) is 0 Å². The first-order valence-electron chi connectivity index (χ1n) is 14.1. The summed E-state index contributed by atoms with van der Waals surface area (Å²) in [4.78, 5) is 21.3. The van der Waals surface area contributed by atoms with Crippen LogP contribution in [0.3, 0.4) is 0 Å². The van der Waals surface area contributed by atoms with Gasteiger partial charge in [0.2, 0.25) is 0 Å². The SMILES string of the molecule is Cc1cc(CN2CCS(=O)CC2)ccc1COc1ccc(C#N)cc1-c1csc(N2CC3CCC(C2)C3C(=O)O)n1. The van der Waals surface area contributed by atoms with Gasteiger partial charge in [0.15, 0.2) is 5.13 Å². The third kappa shape index (κ3) is 6.03. The Morgan fingerprint density at radius 1 is 1.17 bits per heavy atom. The number of piperidine rings is 1. The molecule has 2 atom stereocenters. The number of aryl methyl sites for hydroxylation is 1. The summed E-state index contributed by atoms with van der Waals surface area (Å²) >= 11 is 1.56. The Labute approximate surface area is 247 Å². The molecule has 41 heavy (non-hydrogen) atoms. The standard InChI is InChI=1S/C31H34N4O4S2/c1-20-12-22(15-34-8-10-41(38)11-9-34)2-4-25(20)18-39-28-7-3-21(14-32)13-26(28)27-19-40-31(33-27)35-16-23-5-6-24(17-35)29(23)30(36)37/h2-4,7,12-13,19,23-24,29H,5-6,8-11,15-18H2,1H3,(H,36,37). The van der Waals surface area contributed by atoms with Crippen molar-refractivity contribution < 1.29 is 18.8 Å². The summed E-state index contributed by atoms with van der Waals surface area (Å²) in [5.74, 6) is 1.60. The van der Waals surface area contributed by atoms with E-state index in [4.69, 9.17) is 9.72 Å². The molecule has 214 valence electrons. The molecule has 1 saturated carbocycles. The number of thiazole rings is 1. The highest BCUT2D eigenvalue weighted by atomic mass is 32.2. The summed E-state index contributed by atoms with van der Waals surface area (Å²) < 4.78 is 18.0. The van der Waals surface area contributed by atoms with Crippen molar-refractivity contribution in [1.82, 2.24) is 9.88 Å². The summed E-state index contributed by atoms with van der Waals surface area (Å²) in [6.45, 7) is 6.54. The molecule has 2 aliphatic heterocycles. The van der Waals surface area contributed by atoms with Gasteiger partial charge in [0.1, 0.15) is 12.4 Å². The molecule has 8 nitrogen and oxygen atoms in total. The van der Waals surface area contributed by atoms with Crippen molar-refractivity contribution in [3.8, 4) is 23.1 Å². The number of anilines is 1. The van der Waals surface area contributed by atoms with E-state index in [9.17, 15) is 19.4 Å². The molecule has 3 aromatic rings. The van der Waals surface area contributed by atoms with Crippen LogP contribution in [-0.2, 0) is 28.7 Å². The van der Waals surface area contributed by atoms with Gasteiger partial charge in [-0.3, -0.25) is 13.9 Å². The number of hydrogen-bond acceptors (Lipinski definition) is 8. The monoisotopic (exact) mass is 590 g/mol. The van der Waals surface area contributed by atoms with E-state index in [1.54, 1.807) is 17.4 Å². The number of ether oxygens (including phenoxy) is 1. The van der Waals surface area contributed by atoms with Crippen LogP contribution in [0, 0.1) is 36.0 Å². The number of carboxylic acids is 1. The van der Waals surface area contributed by atoms with Crippen LogP contribution in [0.5, 0.6) is 5.75 Å². The van der Waals surface area contributed by atoms with Gasteiger partial charge in [0.05, 0.1) is 23.2 Å². The minimum Gasteiger partial charge on any atom is -0.488 e. The predicted octanol–water partition coefficient (Wildman–Crippen LogP) is 4.68. The van der Waals surface area contributed by atoms with Crippen LogP contribution in [-0.4, -0.2) is 62.9 Å². The maximum atomic E-state index is 11.8. The van der Waals surface area contributed by atoms with E-state index in [1.165, 1.54) is 5.56 Å². The summed E-state index contributed by atoms with van der Waals surface area (Å²) in [5.41, 5.74) is 5.59. The lowest BCUT2D eigenvalue weighted by atomic mass is 9.85. The van der Waals surface area contributed by atoms with Crippen LogP contribution in [0.2, 0.25) is 0 Å². The van der Waals surface area contributed by atoms with Crippen molar-refractivity contribution in [2.24, 2.45) is 17.8 Å². The number of nitriles is 1. The molecule has 1 N–H and O–H groups in total. The first kappa shape index (κ1) is 27.9. The van der Waals surface area contributed by atoms with Crippen LogP contribution in [0.25, 0.3) is 11.3 Å². The number of aromatic nitrogens is 1. The molecule has 2 bridgehead atoms. The molecule has 2 saturated heterocycles. The van der Waals surface area contributed by atoms with E-state index >= 15 is 0 Å². The lowest BCUT2D eigenvalue weighted by Crippen LogP contribution is -2.44. The number of nitrogens with zero attached hydrogens (tertiary/aromatic N) is 4. The molecule has 1 aliphatic carbocycles. The first-order chi connectivity index (χ1) is 19.9. The molecule has 3 heterocycles. The summed E-state index contributed by atoms with van der Waals surface area (Å²) in [6, 6.07) is 14.1. The molecular weight excluding hydrogens is 556 g/mol. The third-order valence-electron chi connectivity index (χ3n) is 8.73. The zero-order chi connectivity index (χ0) is 28.5. The zero-order valence-corrected chi connectivity index (χ0v) is 24.8. The van der Waals surface area contributed by atoms with Crippen molar-refractivity contribution in [3.63, 3.8) is 0 Å². The van der Waals surface area contributed by atoms with Crippen LogP contribution in [0.4, 0.5) is 5.13 Å². The van der Waals surface area contributed by atoms with Crippen LogP contribution >= 0.6 is 11.3 Å². The molecule has 10 heteroatoms. The van der Waals surface area contributed by atoms with Gasteiger partial charge in [-0.2, -0.15) is 5.26 Å². The van der Waals surface area contributed by atoms with E-state index in [0.29, 0.717) is 31.0 Å². The maximum absolute atomic E-state index is 11.8. The Bertz CT molecular complexity index is 1490. The zero-order valence-electron chi connectivity index (χ0n) is 23.1. The van der Waals surface area contributed by atoms with Crippen molar-refractivity contribution in [3.05, 3.63) is 64.0 Å². The molecule has 0 radical (unpaired) electrons. The average Bonchev–Trinajstić information content (AvgIpc) is 3.56. The highest BCUT2D eigenvalue weighted by molar-refractivity contribution is 7.85. The van der Waals surface area contributed by atoms with E-state index < -0.39 is 16.8 Å². The second-order valence-corrected chi connectivity index (χ2v) is 13.9. The lowest BCUT2D eigenvalue weighted by Gasteiger charge is -2.35. The first-order valence-corrected chi connectivity index (χ1v) is 16.5. The van der Waals surface area contributed by atoms with Crippen LogP contribution < -0.4 is 9.64 Å². The Kier molecular flexibility index (Phi) is 8.11. The van der Waals surface area contributed by atoms with Gasteiger partial charge >= 0.3 is 5.97 Å². The highest BCUT2D eigenvalue weighted by Crippen LogP contribution is 2.44. The number of rotatable bonds is 8. The minimum atomic E-state index is -0.671. The van der Waals surface area contributed by atoms with Crippen molar-refractivity contribution in [2.45, 2.75) is 32.9 Å². The fraction of sp³-hybridized carbons (Fsp3) is 0.452. The number of fused-ring (bicyclic) bond motifs is 2. The Morgan fingerprint density at radius 3 is 2.61 bits per heavy atom. The Hall–Kier alpha value is -3.26. The molecule has 2 unspecified atom stereocenters. The number of benzene rings is 2. The molecule has 2 aromatic carbocycles. The number of carboxylic acid groups (broad SMARTS) is 1. The lowest BCUT2D eigenvalue weighted by molar-refractivity contribution is -0.144. The van der Waals surface area contributed by atoms with Gasteiger partial charge in [-0.15, -0.1) is 11.3 Å². The molecular formula is C31H34N4O4S2.